The predicted molar refractivity (Wildman–Crippen MR) is 128 cm³/mol. The molecule has 4 aromatic rings. The molecule has 0 saturated carbocycles. The number of hydrogen-bond donors (Lipinski definition) is 1. The Kier molecular flexibility index (Phi) is 6.47. The van der Waals surface area contributed by atoms with E-state index in [0.29, 0.717) is 5.69 Å². The summed E-state index contributed by atoms with van der Waals surface area (Å²) in [5.74, 6) is -0.419. The molecule has 0 aliphatic rings. The van der Waals surface area contributed by atoms with Gasteiger partial charge < -0.3 is 10.1 Å². The van der Waals surface area contributed by atoms with Gasteiger partial charge in [0.15, 0.2) is 5.13 Å². The Labute approximate surface area is 191 Å². The van der Waals surface area contributed by atoms with Crippen LogP contribution in [0.2, 0.25) is 0 Å². The van der Waals surface area contributed by atoms with Gasteiger partial charge in [0, 0.05) is 28.4 Å². The Bertz CT molecular complexity index is 1240. The monoisotopic (exact) mass is 444 g/mol. The number of hydrogen-bond acceptors (Lipinski definition) is 6. The molecule has 0 amide bonds. The Hall–Kier alpha value is -3.71. The molecule has 0 fully saturated rings. The number of benzene rings is 2. The van der Waals surface area contributed by atoms with Crippen LogP contribution in [0.5, 0.6) is 0 Å². The van der Waals surface area contributed by atoms with Crippen molar-refractivity contribution in [2.75, 3.05) is 5.32 Å². The minimum atomic E-state index is -0.419. The molecule has 0 unspecified atom stereocenters. The summed E-state index contributed by atoms with van der Waals surface area (Å²) in [6.07, 6.45) is 3.19. The molecule has 6 nitrogen and oxygen atoms in total. The maximum atomic E-state index is 12.2. The highest BCUT2D eigenvalue weighted by molar-refractivity contribution is 7.13. The van der Waals surface area contributed by atoms with Crippen LogP contribution in [-0.4, -0.2) is 20.7 Å². The fraction of sp³-hybridized carbons (Fsp3) is 0.160. The molecule has 32 heavy (non-hydrogen) atoms. The molecule has 162 valence electrons. The second kappa shape index (κ2) is 9.62. The first-order chi connectivity index (χ1) is 15.5. The minimum absolute atomic E-state index is 0.122. The van der Waals surface area contributed by atoms with Crippen molar-refractivity contribution in [2.24, 2.45) is 0 Å². The van der Waals surface area contributed by atoms with E-state index >= 15 is 0 Å². The summed E-state index contributed by atoms with van der Waals surface area (Å²) in [5.41, 5.74) is 6.57. The van der Waals surface area contributed by atoms with Crippen LogP contribution in [-0.2, 0) is 16.1 Å². The van der Waals surface area contributed by atoms with Crippen LogP contribution < -0.4 is 5.32 Å². The fourth-order valence-electron chi connectivity index (χ4n) is 3.25. The minimum Gasteiger partial charge on any atom is -0.456 e. The summed E-state index contributed by atoms with van der Waals surface area (Å²) < 4.78 is 7.24. The number of carbonyl (C=O) groups is 1. The standard InChI is InChI=1S/C25H24N4O2S/c1-17-9-11-20(12-10-17)26-25-27-21(16-32-25)15-31-24(30)14-13-23-18(2)28-29(19(23)3)22-7-5-4-6-8-22/h4-14,16H,15H2,1-3H3,(H,26,27)/b14-13+. The number of carbonyl (C=O) groups excluding carboxylic acids is 1. The number of aryl methyl sites for hydroxylation is 2. The van der Waals surface area contributed by atoms with E-state index in [0.717, 1.165) is 33.5 Å². The molecule has 2 aromatic heterocycles. The Morgan fingerprint density at radius 1 is 1.09 bits per heavy atom. The van der Waals surface area contributed by atoms with E-state index in [9.17, 15) is 4.79 Å². The lowest BCUT2D eigenvalue weighted by molar-refractivity contribution is -0.139. The summed E-state index contributed by atoms with van der Waals surface area (Å²) in [7, 11) is 0. The first-order valence-electron chi connectivity index (χ1n) is 10.2. The molecule has 4 rings (SSSR count). The molecule has 0 aliphatic heterocycles. The normalized spacial score (nSPS) is 11.1. The molecule has 0 bridgehead atoms. The van der Waals surface area contributed by atoms with Crippen molar-refractivity contribution in [3.8, 4) is 5.69 Å². The van der Waals surface area contributed by atoms with Gasteiger partial charge in [0.1, 0.15) is 6.61 Å². The number of thiazole rings is 1. The molecule has 0 saturated heterocycles. The second-order valence-corrected chi connectivity index (χ2v) is 8.27. The van der Waals surface area contributed by atoms with Gasteiger partial charge >= 0.3 is 5.97 Å². The SMILES string of the molecule is Cc1ccc(Nc2nc(COC(=O)/C=C/c3c(C)nn(-c4ccccc4)c3C)cs2)cc1. The highest BCUT2D eigenvalue weighted by atomic mass is 32.1. The van der Waals surface area contributed by atoms with Gasteiger partial charge in [-0.1, -0.05) is 35.9 Å². The molecule has 7 heteroatoms. The average molecular weight is 445 g/mol. The van der Waals surface area contributed by atoms with Gasteiger partial charge in [-0.2, -0.15) is 5.10 Å². The molecule has 0 spiro atoms. The van der Waals surface area contributed by atoms with Crippen LogP contribution in [0.25, 0.3) is 11.8 Å². The molecular formula is C25H24N4O2S. The number of ether oxygens (including phenoxy) is 1. The Balaban J connectivity index is 1.35. The van der Waals surface area contributed by atoms with Gasteiger partial charge in [-0.25, -0.2) is 14.5 Å². The van der Waals surface area contributed by atoms with Crippen LogP contribution in [0.1, 0.15) is 28.2 Å². The van der Waals surface area contributed by atoms with E-state index in [4.69, 9.17) is 4.74 Å². The lowest BCUT2D eigenvalue weighted by Gasteiger charge is -2.03. The van der Waals surface area contributed by atoms with Crippen molar-refractivity contribution in [3.05, 3.63) is 94.3 Å². The maximum absolute atomic E-state index is 12.2. The fourth-order valence-corrected chi connectivity index (χ4v) is 3.97. The van der Waals surface area contributed by atoms with E-state index in [1.165, 1.54) is 23.0 Å². The van der Waals surface area contributed by atoms with Crippen LogP contribution >= 0.6 is 11.3 Å². The lowest BCUT2D eigenvalue weighted by Crippen LogP contribution is -2.01. The molecular weight excluding hydrogens is 420 g/mol. The molecule has 1 N–H and O–H groups in total. The number of para-hydroxylation sites is 1. The van der Waals surface area contributed by atoms with Crippen molar-refractivity contribution in [1.29, 1.82) is 0 Å². The van der Waals surface area contributed by atoms with Crippen LogP contribution in [0.4, 0.5) is 10.8 Å². The third-order valence-electron chi connectivity index (χ3n) is 4.95. The number of nitrogens with zero attached hydrogens (tertiary/aromatic N) is 3. The van der Waals surface area contributed by atoms with E-state index in [1.807, 2.05) is 85.4 Å². The molecule has 0 radical (unpaired) electrons. The zero-order valence-corrected chi connectivity index (χ0v) is 19.0. The van der Waals surface area contributed by atoms with Crippen LogP contribution in [0, 0.1) is 20.8 Å². The predicted octanol–water partition coefficient (Wildman–Crippen LogP) is 5.75. The lowest BCUT2D eigenvalue weighted by atomic mass is 10.2. The number of anilines is 2. The zero-order chi connectivity index (χ0) is 22.5. The zero-order valence-electron chi connectivity index (χ0n) is 18.2. The number of rotatable bonds is 7. The summed E-state index contributed by atoms with van der Waals surface area (Å²) in [5, 5.41) is 10.5. The van der Waals surface area contributed by atoms with Gasteiger partial charge in [-0.05, 0) is 51.1 Å². The smallest absolute Gasteiger partial charge is 0.331 e. The Morgan fingerprint density at radius 2 is 1.84 bits per heavy atom. The third-order valence-corrected chi connectivity index (χ3v) is 5.76. The third kappa shape index (κ3) is 5.12. The van der Waals surface area contributed by atoms with Crippen molar-refractivity contribution < 1.29 is 9.53 Å². The van der Waals surface area contributed by atoms with Gasteiger partial charge in [0.2, 0.25) is 0 Å². The summed E-state index contributed by atoms with van der Waals surface area (Å²) in [6, 6.07) is 18.0. The van der Waals surface area contributed by atoms with E-state index < -0.39 is 5.97 Å². The quantitative estimate of drug-likeness (QED) is 0.290. The first kappa shape index (κ1) is 21.5. The van der Waals surface area contributed by atoms with Crippen LogP contribution in [0.3, 0.4) is 0 Å². The first-order valence-corrected chi connectivity index (χ1v) is 11.1. The summed E-state index contributed by atoms with van der Waals surface area (Å²) in [4.78, 5) is 16.7. The molecule has 0 atom stereocenters. The van der Waals surface area contributed by atoms with E-state index in [-0.39, 0.29) is 6.61 Å². The number of nitrogens with one attached hydrogen (secondary N) is 1. The van der Waals surface area contributed by atoms with E-state index in [1.54, 1.807) is 6.08 Å². The maximum Gasteiger partial charge on any atom is 0.331 e. The van der Waals surface area contributed by atoms with Gasteiger partial charge in [0.05, 0.1) is 17.1 Å². The molecule has 0 aliphatic carbocycles. The summed E-state index contributed by atoms with van der Waals surface area (Å²) in [6.45, 7) is 6.08. The average Bonchev–Trinajstić information content (AvgIpc) is 3.36. The topological polar surface area (TPSA) is 69.0 Å². The van der Waals surface area contributed by atoms with E-state index in [2.05, 4.69) is 15.4 Å². The highest BCUT2D eigenvalue weighted by Gasteiger charge is 2.11. The van der Waals surface area contributed by atoms with Crippen molar-refractivity contribution in [3.63, 3.8) is 0 Å². The van der Waals surface area contributed by atoms with Crippen molar-refractivity contribution in [2.45, 2.75) is 27.4 Å². The number of esters is 1. The largest absolute Gasteiger partial charge is 0.456 e. The van der Waals surface area contributed by atoms with Crippen molar-refractivity contribution >= 4 is 34.2 Å². The highest BCUT2D eigenvalue weighted by Crippen LogP contribution is 2.22. The van der Waals surface area contributed by atoms with Gasteiger partial charge in [-0.15, -0.1) is 11.3 Å². The summed E-state index contributed by atoms with van der Waals surface area (Å²) >= 11 is 1.47. The molecule has 2 heterocycles. The van der Waals surface area contributed by atoms with Crippen LogP contribution in [0.15, 0.2) is 66.1 Å². The Morgan fingerprint density at radius 3 is 2.59 bits per heavy atom. The second-order valence-electron chi connectivity index (χ2n) is 7.41. The molecule has 2 aromatic carbocycles. The van der Waals surface area contributed by atoms with Gasteiger partial charge in [-0.3, -0.25) is 0 Å². The van der Waals surface area contributed by atoms with Crippen molar-refractivity contribution in [1.82, 2.24) is 14.8 Å². The van der Waals surface area contributed by atoms with Gasteiger partial charge in [0.25, 0.3) is 0 Å². The number of aromatic nitrogens is 3.